The molecule has 0 aliphatic rings. The van der Waals surface area contributed by atoms with Gasteiger partial charge in [-0.25, -0.2) is 0 Å². The molecule has 2 rings (SSSR count). The lowest BCUT2D eigenvalue weighted by atomic mass is 10.0. The van der Waals surface area contributed by atoms with E-state index in [1.807, 2.05) is 55.5 Å². The van der Waals surface area contributed by atoms with E-state index in [-0.39, 0.29) is 11.9 Å². The van der Waals surface area contributed by atoms with Gasteiger partial charge in [0.2, 0.25) is 5.91 Å². The van der Waals surface area contributed by atoms with Crippen LogP contribution in [0.15, 0.2) is 48.5 Å². The predicted molar refractivity (Wildman–Crippen MR) is 87.5 cm³/mol. The van der Waals surface area contributed by atoms with Crippen LogP contribution >= 0.6 is 11.6 Å². The summed E-state index contributed by atoms with van der Waals surface area (Å²) in [4.78, 5) is 12.2. The molecule has 0 saturated carbocycles. The first-order valence-electron chi connectivity index (χ1n) is 7.19. The van der Waals surface area contributed by atoms with Crippen LogP contribution in [0.1, 0.15) is 36.1 Å². The molecular weight excluding hydrogens is 282 g/mol. The Labute approximate surface area is 131 Å². The molecule has 0 aromatic heterocycles. The van der Waals surface area contributed by atoms with E-state index in [1.54, 1.807) is 0 Å². The minimum atomic E-state index is 0.0267. The molecule has 1 atom stereocenters. The molecule has 1 N–H and O–H groups in total. The van der Waals surface area contributed by atoms with Crippen LogP contribution in [0.4, 0.5) is 0 Å². The fourth-order valence-corrected chi connectivity index (χ4v) is 2.47. The molecule has 0 aliphatic heterocycles. The second-order valence-electron chi connectivity index (χ2n) is 5.18. The van der Waals surface area contributed by atoms with Crippen molar-refractivity contribution in [2.24, 2.45) is 0 Å². The van der Waals surface area contributed by atoms with Gasteiger partial charge in [0.1, 0.15) is 0 Å². The summed E-state index contributed by atoms with van der Waals surface area (Å²) in [7, 11) is 0. The lowest BCUT2D eigenvalue weighted by molar-refractivity contribution is -0.121. The van der Waals surface area contributed by atoms with Crippen LogP contribution in [0, 0.1) is 6.92 Å². The van der Waals surface area contributed by atoms with Crippen molar-refractivity contribution in [3.8, 4) is 0 Å². The third kappa shape index (κ3) is 4.33. The zero-order valence-electron chi connectivity index (χ0n) is 12.4. The average molecular weight is 302 g/mol. The minimum absolute atomic E-state index is 0.0267. The summed E-state index contributed by atoms with van der Waals surface area (Å²) in [6.07, 6.45) is 1.26. The Kier molecular flexibility index (Phi) is 5.40. The molecule has 3 heteroatoms. The number of nitrogens with one attached hydrogen (secondary N) is 1. The van der Waals surface area contributed by atoms with Crippen LogP contribution in [0.25, 0.3) is 0 Å². The smallest absolute Gasteiger partial charge is 0.224 e. The first kappa shape index (κ1) is 15.6. The molecule has 0 heterocycles. The molecule has 0 spiro atoms. The standard InChI is InChI=1S/C18H20ClNO/c1-3-17(14-8-10-16(19)11-9-14)20-18(21)12-15-7-5-4-6-13(15)2/h4-11,17H,3,12H2,1-2H3,(H,20,21)/t17-/m1/s1. The number of hydrogen-bond acceptors (Lipinski definition) is 1. The number of carbonyl (C=O) groups is 1. The number of carbonyl (C=O) groups excluding carboxylic acids is 1. The molecule has 2 aromatic carbocycles. The van der Waals surface area contributed by atoms with Crippen molar-refractivity contribution in [3.05, 3.63) is 70.2 Å². The van der Waals surface area contributed by atoms with Crippen molar-refractivity contribution in [1.82, 2.24) is 5.32 Å². The zero-order valence-corrected chi connectivity index (χ0v) is 13.2. The van der Waals surface area contributed by atoms with Gasteiger partial charge >= 0.3 is 0 Å². The second kappa shape index (κ2) is 7.28. The third-order valence-corrected chi connectivity index (χ3v) is 3.88. The molecular formula is C18H20ClNO. The van der Waals surface area contributed by atoms with E-state index in [2.05, 4.69) is 12.2 Å². The number of rotatable bonds is 5. The molecule has 0 aliphatic carbocycles. The lowest BCUT2D eigenvalue weighted by Gasteiger charge is -2.18. The fourth-order valence-electron chi connectivity index (χ4n) is 2.34. The SMILES string of the molecule is CC[C@@H](NC(=O)Cc1ccccc1C)c1ccc(Cl)cc1. The molecule has 1 amide bonds. The first-order valence-corrected chi connectivity index (χ1v) is 7.57. The van der Waals surface area contributed by atoms with E-state index >= 15 is 0 Å². The molecule has 0 unspecified atom stereocenters. The lowest BCUT2D eigenvalue weighted by Crippen LogP contribution is -2.29. The van der Waals surface area contributed by atoms with E-state index in [0.717, 1.165) is 23.1 Å². The van der Waals surface area contributed by atoms with Gasteiger partial charge in [-0.2, -0.15) is 0 Å². The third-order valence-electron chi connectivity index (χ3n) is 3.63. The van der Waals surface area contributed by atoms with E-state index in [0.29, 0.717) is 11.4 Å². The van der Waals surface area contributed by atoms with Crippen molar-refractivity contribution in [1.29, 1.82) is 0 Å². The predicted octanol–water partition coefficient (Wildman–Crippen LogP) is 4.46. The summed E-state index contributed by atoms with van der Waals surface area (Å²) < 4.78 is 0. The van der Waals surface area contributed by atoms with E-state index in [9.17, 15) is 4.79 Å². The summed E-state index contributed by atoms with van der Waals surface area (Å²) >= 11 is 5.90. The normalized spacial score (nSPS) is 12.0. The highest BCUT2D eigenvalue weighted by atomic mass is 35.5. The summed E-state index contributed by atoms with van der Waals surface area (Å²) in [6.45, 7) is 4.09. The monoisotopic (exact) mass is 301 g/mol. The highest BCUT2D eigenvalue weighted by Crippen LogP contribution is 2.19. The van der Waals surface area contributed by atoms with Gasteiger partial charge < -0.3 is 5.32 Å². The maximum Gasteiger partial charge on any atom is 0.224 e. The Morgan fingerprint density at radius 3 is 2.43 bits per heavy atom. The van der Waals surface area contributed by atoms with Crippen LogP contribution in [-0.4, -0.2) is 5.91 Å². The second-order valence-corrected chi connectivity index (χ2v) is 5.62. The van der Waals surface area contributed by atoms with Gasteiger partial charge in [0, 0.05) is 5.02 Å². The summed E-state index contributed by atoms with van der Waals surface area (Å²) in [5, 5.41) is 3.80. The van der Waals surface area contributed by atoms with Crippen LogP contribution in [0.5, 0.6) is 0 Å². The molecule has 0 saturated heterocycles. The first-order chi connectivity index (χ1) is 10.1. The molecule has 0 bridgehead atoms. The van der Waals surface area contributed by atoms with Crippen LogP contribution < -0.4 is 5.32 Å². The van der Waals surface area contributed by atoms with Crippen molar-refractivity contribution in [2.45, 2.75) is 32.7 Å². The van der Waals surface area contributed by atoms with Gasteiger partial charge in [-0.05, 0) is 42.2 Å². The fraction of sp³-hybridized carbons (Fsp3) is 0.278. The number of hydrogen-bond donors (Lipinski definition) is 1. The van der Waals surface area contributed by atoms with E-state index < -0.39 is 0 Å². The Balaban J connectivity index is 2.03. The summed E-state index contributed by atoms with van der Waals surface area (Å²) in [5.74, 6) is 0.0473. The number of benzene rings is 2. The van der Waals surface area contributed by atoms with Gasteiger partial charge in [-0.1, -0.05) is 54.9 Å². The van der Waals surface area contributed by atoms with E-state index in [1.165, 1.54) is 0 Å². The van der Waals surface area contributed by atoms with Gasteiger partial charge in [-0.3, -0.25) is 4.79 Å². The van der Waals surface area contributed by atoms with Crippen molar-refractivity contribution < 1.29 is 4.79 Å². The van der Waals surface area contributed by atoms with Crippen molar-refractivity contribution >= 4 is 17.5 Å². The number of amides is 1. The van der Waals surface area contributed by atoms with Gasteiger partial charge in [0.25, 0.3) is 0 Å². The molecule has 110 valence electrons. The Morgan fingerprint density at radius 2 is 1.81 bits per heavy atom. The number of halogens is 1. The van der Waals surface area contributed by atoms with Crippen LogP contribution in [-0.2, 0) is 11.2 Å². The highest BCUT2D eigenvalue weighted by Gasteiger charge is 2.13. The summed E-state index contributed by atoms with van der Waals surface area (Å²) in [5.41, 5.74) is 3.30. The quantitative estimate of drug-likeness (QED) is 0.868. The van der Waals surface area contributed by atoms with Gasteiger partial charge in [-0.15, -0.1) is 0 Å². The maximum atomic E-state index is 12.2. The maximum absolute atomic E-state index is 12.2. The number of aryl methyl sites for hydroxylation is 1. The average Bonchev–Trinajstić information content (AvgIpc) is 2.48. The zero-order chi connectivity index (χ0) is 15.2. The molecule has 0 fully saturated rings. The molecule has 21 heavy (non-hydrogen) atoms. The Hall–Kier alpha value is -1.80. The van der Waals surface area contributed by atoms with Crippen molar-refractivity contribution in [2.75, 3.05) is 0 Å². The summed E-state index contributed by atoms with van der Waals surface area (Å²) in [6, 6.07) is 15.6. The largest absolute Gasteiger partial charge is 0.349 e. The molecule has 0 radical (unpaired) electrons. The molecule has 2 aromatic rings. The van der Waals surface area contributed by atoms with Crippen LogP contribution in [0.3, 0.4) is 0 Å². The highest BCUT2D eigenvalue weighted by molar-refractivity contribution is 6.30. The minimum Gasteiger partial charge on any atom is -0.349 e. The molecule has 2 nitrogen and oxygen atoms in total. The van der Waals surface area contributed by atoms with Crippen molar-refractivity contribution in [3.63, 3.8) is 0 Å². The Bertz CT molecular complexity index is 607. The Morgan fingerprint density at radius 1 is 1.14 bits per heavy atom. The van der Waals surface area contributed by atoms with E-state index in [4.69, 9.17) is 11.6 Å². The topological polar surface area (TPSA) is 29.1 Å². The van der Waals surface area contributed by atoms with Gasteiger partial charge in [0.15, 0.2) is 0 Å². The van der Waals surface area contributed by atoms with Gasteiger partial charge in [0.05, 0.1) is 12.5 Å². The van der Waals surface area contributed by atoms with Crippen LogP contribution in [0.2, 0.25) is 5.02 Å².